The van der Waals surface area contributed by atoms with Crippen LogP contribution >= 0.6 is 22.6 Å². The van der Waals surface area contributed by atoms with E-state index in [-0.39, 0.29) is 17.1 Å². The summed E-state index contributed by atoms with van der Waals surface area (Å²) in [4.78, 5) is 0. The minimum atomic E-state index is -0.221. The molecule has 0 spiro atoms. The number of hydrogen-bond acceptors (Lipinski definition) is 4. The normalized spacial score (nSPS) is 10.0. The smallest absolute Gasteiger partial charge is 0.112 e. The summed E-state index contributed by atoms with van der Waals surface area (Å²) in [5, 5.41) is 28.9. The number of benzene rings is 2. The first-order valence-electron chi connectivity index (χ1n) is 7.45. The minimum Gasteiger partial charge on any atom is -0.869 e. The van der Waals surface area contributed by atoms with Gasteiger partial charge in [0.25, 0.3) is 0 Å². The monoisotopic (exact) mass is 447 g/mol. The summed E-state index contributed by atoms with van der Waals surface area (Å²) >= 11 is 1.86. The summed E-state index contributed by atoms with van der Waals surface area (Å²) in [6.45, 7) is 0.990. The van der Waals surface area contributed by atoms with Crippen LogP contribution in [0.5, 0.6) is 11.5 Å². The lowest BCUT2D eigenvalue weighted by atomic mass is 10.1. The highest BCUT2D eigenvalue weighted by Crippen LogP contribution is 2.32. The minimum absolute atomic E-state index is 0.168. The third-order valence-electron chi connectivity index (χ3n) is 3.18. The van der Waals surface area contributed by atoms with Gasteiger partial charge in [-0.05, 0) is 45.9 Å². The number of ether oxygens (including phenoxy) is 1. The Bertz CT molecular complexity index is 806. The van der Waals surface area contributed by atoms with Gasteiger partial charge in [-0.3, -0.25) is 0 Å². The quantitative estimate of drug-likeness (QED) is 0.573. The van der Waals surface area contributed by atoms with Crippen molar-refractivity contribution in [3.63, 3.8) is 0 Å². The Morgan fingerprint density at radius 1 is 1.28 bits per heavy atom. The van der Waals surface area contributed by atoms with Crippen molar-refractivity contribution in [3.8, 4) is 23.6 Å². The van der Waals surface area contributed by atoms with Crippen molar-refractivity contribution < 1.29 is 15.6 Å². The number of allylic oxidation sites excluding steroid dienone is 2. The van der Waals surface area contributed by atoms with E-state index in [4.69, 9.17) is 15.3 Å². The fraction of sp³-hybridized carbons (Fsp3) is 0.158. The second kappa shape index (κ2) is 11.1. The van der Waals surface area contributed by atoms with Crippen molar-refractivity contribution in [3.05, 3.63) is 63.2 Å². The van der Waals surface area contributed by atoms with Crippen molar-refractivity contribution in [2.45, 2.75) is 6.42 Å². The molecule has 0 unspecified atom stereocenters. The Kier molecular flexibility index (Phi) is 9.09. The molecule has 0 aliphatic heterocycles. The Morgan fingerprint density at radius 2 is 1.96 bits per heavy atom. The van der Waals surface area contributed by atoms with Gasteiger partial charge in [-0.1, -0.05) is 36.1 Å². The van der Waals surface area contributed by atoms with E-state index in [1.165, 1.54) is 18.7 Å². The SMILES string of the molecule is COc1cc(/C(C#N)=C/C#N)cc(I)c1[O-].[NH3+]CCc1ccccc1. The lowest BCUT2D eigenvalue weighted by Crippen LogP contribution is -2.51. The fourth-order valence-corrected chi connectivity index (χ4v) is 2.57. The second-order valence-corrected chi connectivity index (χ2v) is 6.04. The lowest BCUT2D eigenvalue weighted by molar-refractivity contribution is -0.366. The second-order valence-electron chi connectivity index (χ2n) is 4.88. The Balaban J connectivity index is 0.000000293. The molecule has 0 aliphatic rings. The van der Waals surface area contributed by atoms with Crippen LogP contribution in [0, 0.1) is 26.2 Å². The van der Waals surface area contributed by atoms with E-state index in [1.807, 2.05) is 34.7 Å². The van der Waals surface area contributed by atoms with E-state index in [0.717, 1.165) is 19.0 Å². The number of quaternary nitrogens is 1. The molecule has 25 heavy (non-hydrogen) atoms. The average molecular weight is 447 g/mol. The van der Waals surface area contributed by atoms with Gasteiger partial charge >= 0.3 is 0 Å². The zero-order valence-electron chi connectivity index (χ0n) is 13.8. The first-order valence-corrected chi connectivity index (χ1v) is 8.53. The van der Waals surface area contributed by atoms with Crippen molar-refractivity contribution in [1.29, 1.82) is 10.5 Å². The first-order chi connectivity index (χ1) is 12.1. The van der Waals surface area contributed by atoms with Crippen LogP contribution in [0.2, 0.25) is 0 Å². The predicted molar refractivity (Wildman–Crippen MR) is 102 cm³/mol. The number of rotatable bonds is 4. The molecule has 0 saturated heterocycles. The van der Waals surface area contributed by atoms with E-state index in [2.05, 4.69) is 30.0 Å². The van der Waals surface area contributed by atoms with Gasteiger partial charge in [-0.25, -0.2) is 0 Å². The molecule has 6 heteroatoms. The molecule has 0 atom stereocenters. The molecule has 2 aromatic rings. The van der Waals surface area contributed by atoms with Gasteiger partial charge in [-0.15, -0.1) is 0 Å². The summed E-state index contributed by atoms with van der Waals surface area (Å²) in [5.74, 6) is -0.0536. The summed E-state index contributed by atoms with van der Waals surface area (Å²) in [6, 6.07) is 17.1. The lowest BCUT2D eigenvalue weighted by Gasteiger charge is -2.15. The van der Waals surface area contributed by atoms with Crippen LogP contribution in [0.15, 0.2) is 48.5 Å². The Morgan fingerprint density at radius 3 is 2.48 bits per heavy atom. The average Bonchev–Trinajstić information content (AvgIpc) is 2.63. The van der Waals surface area contributed by atoms with E-state index < -0.39 is 0 Å². The van der Waals surface area contributed by atoms with Crippen molar-refractivity contribution in [2.75, 3.05) is 13.7 Å². The summed E-state index contributed by atoms with van der Waals surface area (Å²) in [7, 11) is 1.39. The fourth-order valence-electron chi connectivity index (χ4n) is 1.97. The van der Waals surface area contributed by atoms with E-state index in [1.54, 1.807) is 12.1 Å². The number of hydrogen-bond donors (Lipinski definition) is 1. The summed E-state index contributed by atoms with van der Waals surface area (Å²) in [6.07, 6.45) is 2.23. The predicted octanol–water partition coefficient (Wildman–Crippen LogP) is 2.27. The molecule has 0 bridgehead atoms. The van der Waals surface area contributed by atoms with Crippen LogP contribution in [-0.4, -0.2) is 13.7 Å². The van der Waals surface area contributed by atoms with Crippen LogP contribution < -0.4 is 15.6 Å². The molecule has 2 rings (SSSR count). The topological polar surface area (TPSA) is 108 Å². The molecule has 0 amide bonds. The number of methoxy groups -OCH3 is 1. The maximum atomic E-state index is 11.5. The van der Waals surface area contributed by atoms with Crippen LogP contribution in [0.1, 0.15) is 11.1 Å². The van der Waals surface area contributed by atoms with Crippen molar-refractivity contribution in [1.82, 2.24) is 0 Å². The van der Waals surface area contributed by atoms with E-state index in [0.29, 0.717) is 9.13 Å². The van der Waals surface area contributed by atoms with Gasteiger partial charge < -0.3 is 15.6 Å². The van der Waals surface area contributed by atoms with E-state index in [9.17, 15) is 5.11 Å². The largest absolute Gasteiger partial charge is 0.869 e. The highest BCUT2D eigenvalue weighted by molar-refractivity contribution is 14.1. The third-order valence-corrected chi connectivity index (χ3v) is 3.98. The van der Waals surface area contributed by atoms with Crippen LogP contribution in [0.25, 0.3) is 5.57 Å². The van der Waals surface area contributed by atoms with E-state index >= 15 is 0 Å². The molecule has 5 nitrogen and oxygen atoms in total. The zero-order valence-corrected chi connectivity index (χ0v) is 16.0. The third kappa shape index (κ3) is 6.46. The highest BCUT2D eigenvalue weighted by Gasteiger charge is 2.06. The molecule has 0 heterocycles. The van der Waals surface area contributed by atoms with Crippen LogP contribution in [0.4, 0.5) is 0 Å². The molecule has 2 aromatic carbocycles. The molecule has 0 saturated carbocycles. The first kappa shape index (κ1) is 20.5. The maximum absolute atomic E-state index is 11.5. The molecule has 128 valence electrons. The molecular weight excluding hydrogens is 429 g/mol. The Hall–Kier alpha value is -2.55. The van der Waals surface area contributed by atoms with Crippen LogP contribution in [0.3, 0.4) is 0 Å². The Labute approximate surface area is 161 Å². The molecule has 3 N–H and O–H groups in total. The summed E-state index contributed by atoms with van der Waals surface area (Å²) < 4.78 is 5.35. The number of halogens is 1. The number of nitrogens with zero attached hydrogens (tertiary/aromatic N) is 2. The van der Waals surface area contributed by atoms with Gasteiger partial charge in [-0.2, -0.15) is 10.5 Å². The van der Waals surface area contributed by atoms with Gasteiger partial charge in [0.2, 0.25) is 0 Å². The van der Waals surface area contributed by atoms with Gasteiger partial charge in [0.05, 0.1) is 25.3 Å². The maximum Gasteiger partial charge on any atom is 0.112 e. The van der Waals surface area contributed by atoms with Crippen molar-refractivity contribution >= 4 is 28.2 Å². The molecule has 0 fully saturated rings. The molecular formula is C19H18IN3O2. The molecule has 0 aliphatic carbocycles. The van der Waals surface area contributed by atoms with Crippen molar-refractivity contribution in [2.24, 2.45) is 0 Å². The molecule has 0 aromatic heterocycles. The standard InChI is InChI=1S/C11H7IN2O2.C8H11N/c1-16-10-5-8(4-9(12)11(10)15)7(6-14)2-3-13;9-7-6-8-4-2-1-3-5-8/h2,4-5,15H,1H3;1-5H,6-7,9H2/b7-2+;. The zero-order chi connectivity index (χ0) is 18.7. The highest BCUT2D eigenvalue weighted by atomic mass is 127. The van der Waals surface area contributed by atoms with Gasteiger partial charge in [0, 0.05) is 16.1 Å². The van der Waals surface area contributed by atoms with Gasteiger partial charge in [0.15, 0.2) is 0 Å². The number of nitriles is 2. The van der Waals surface area contributed by atoms with Gasteiger partial charge in [0.1, 0.15) is 11.8 Å². The van der Waals surface area contributed by atoms with Crippen LogP contribution in [-0.2, 0) is 6.42 Å². The summed E-state index contributed by atoms with van der Waals surface area (Å²) in [5.41, 5.74) is 5.87. The molecule has 0 radical (unpaired) electrons.